The molecule has 0 fully saturated rings. The molecule has 5 heteroatoms. The quantitative estimate of drug-likeness (QED) is 0.0445. The Morgan fingerprint density at radius 2 is 0.735 bits per heavy atom. The summed E-state index contributed by atoms with van der Waals surface area (Å²) in [5.41, 5.74) is 0. The average Bonchev–Trinajstić information content (AvgIpc) is 2.80. The Morgan fingerprint density at radius 1 is 0.500 bits per heavy atom. The van der Waals surface area contributed by atoms with E-state index in [2.05, 4.69) is 26.5 Å². The number of hydrogen-bond donors (Lipinski definition) is 3. The standard InChI is InChI=1S/2C13H27.C3H5.H3O3P.Ti/c2*1-3-5-7-9-11-13-12-10-8-6-4-2;1-3-2;1-4(2)3;/h2*1,3-13H2,2H3;3H,1-2H2;1-3H;. The van der Waals surface area contributed by atoms with Crippen molar-refractivity contribution in [1.82, 2.24) is 0 Å². The van der Waals surface area contributed by atoms with Crippen LogP contribution in [0.5, 0.6) is 0 Å². The second-order valence-corrected chi connectivity index (χ2v) is 15.2. The minimum atomic E-state index is -2.62. The summed E-state index contributed by atoms with van der Waals surface area (Å²) in [6, 6.07) is 0. The van der Waals surface area contributed by atoms with Gasteiger partial charge in [0.15, 0.2) is 0 Å². The predicted molar refractivity (Wildman–Crippen MR) is 151 cm³/mol. The van der Waals surface area contributed by atoms with Crippen LogP contribution in [0.1, 0.15) is 155 Å². The SMILES string of the molecule is C=C[CH2][Ti]([CH2]CCCCCCCCCCCC)[CH2]CCCCCCCCCCCC.OP(O)O. The Labute approximate surface area is 222 Å². The molecule has 0 radical (unpaired) electrons. The van der Waals surface area contributed by atoms with Gasteiger partial charge in [-0.05, 0) is 0 Å². The maximum absolute atomic E-state index is 7.23. The van der Waals surface area contributed by atoms with Crippen LogP contribution in [0.2, 0.25) is 14.2 Å². The van der Waals surface area contributed by atoms with Gasteiger partial charge in [0.2, 0.25) is 0 Å². The van der Waals surface area contributed by atoms with E-state index in [4.69, 9.17) is 14.7 Å². The van der Waals surface area contributed by atoms with Crippen molar-refractivity contribution < 1.29 is 32.6 Å². The Balaban J connectivity index is 0. The zero-order chi connectivity index (χ0) is 25.5. The van der Waals surface area contributed by atoms with Crippen LogP contribution in [0.4, 0.5) is 0 Å². The van der Waals surface area contributed by atoms with Crippen LogP contribution in [-0.4, -0.2) is 14.7 Å². The van der Waals surface area contributed by atoms with E-state index in [1.807, 2.05) is 0 Å². The summed E-state index contributed by atoms with van der Waals surface area (Å²) < 4.78 is 4.64. The van der Waals surface area contributed by atoms with Crippen LogP contribution in [-0.2, 0) is 17.9 Å². The zero-order valence-corrected chi connectivity index (χ0v) is 25.7. The molecule has 0 bridgehead atoms. The van der Waals surface area contributed by atoms with Gasteiger partial charge in [0.25, 0.3) is 0 Å². The average molecular weight is 538 g/mol. The van der Waals surface area contributed by atoms with Crippen LogP contribution in [0.15, 0.2) is 12.7 Å². The fraction of sp³-hybridized carbons (Fsp3) is 0.931. The molecule has 34 heavy (non-hydrogen) atoms. The van der Waals surface area contributed by atoms with E-state index < -0.39 is 26.5 Å². The second kappa shape index (κ2) is 33.8. The molecule has 0 aliphatic rings. The molecule has 0 rings (SSSR count). The zero-order valence-electron chi connectivity index (χ0n) is 23.3. The Kier molecular flexibility index (Phi) is 36.7. The fourth-order valence-corrected chi connectivity index (χ4v) is 8.62. The van der Waals surface area contributed by atoms with E-state index in [-0.39, 0.29) is 0 Å². The first-order valence-electron chi connectivity index (χ1n) is 14.9. The van der Waals surface area contributed by atoms with E-state index in [0.29, 0.717) is 0 Å². The molecule has 0 unspecified atom stereocenters. The minimum absolute atomic E-state index is 0.801. The molecule has 0 aromatic rings. The van der Waals surface area contributed by atoms with Crippen molar-refractivity contribution >= 4 is 8.60 Å². The molecule has 0 saturated carbocycles. The molecule has 205 valence electrons. The van der Waals surface area contributed by atoms with Gasteiger partial charge in [-0.25, -0.2) is 0 Å². The number of rotatable bonds is 26. The molecule has 0 aliphatic carbocycles. The van der Waals surface area contributed by atoms with Crippen LogP contribution < -0.4 is 0 Å². The summed E-state index contributed by atoms with van der Waals surface area (Å²) in [4.78, 5) is 21.7. The molecular formula is C29H62O3PTi. The molecule has 3 N–H and O–H groups in total. The van der Waals surface area contributed by atoms with Gasteiger partial charge in [0.05, 0.1) is 0 Å². The fourth-order valence-electron chi connectivity index (χ4n) is 4.61. The predicted octanol–water partition coefficient (Wildman–Crippen LogP) is 10.9. The Hall–Kier alpha value is 0.764. The summed E-state index contributed by atoms with van der Waals surface area (Å²) in [6.07, 6.45) is 34.7. The molecule has 0 aromatic heterocycles. The van der Waals surface area contributed by atoms with Gasteiger partial charge in [-0.3, -0.25) is 0 Å². The van der Waals surface area contributed by atoms with E-state index in [9.17, 15) is 0 Å². The van der Waals surface area contributed by atoms with E-state index >= 15 is 0 Å². The minimum Gasteiger partial charge on any atom is -0.328 e. The van der Waals surface area contributed by atoms with Gasteiger partial charge in [-0.1, -0.05) is 13.8 Å². The maximum atomic E-state index is 7.23. The first-order valence-corrected chi connectivity index (χ1v) is 19.4. The summed E-state index contributed by atoms with van der Waals surface area (Å²) >= 11 is -0.801. The van der Waals surface area contributed by atoms with Gasteiger partial charge < -0.3 is 14.7 Å². The van der Waals surface area contributed by atoms with Crippen LogP contribution in [0.3, 0.4) is 0 Å². The van der Waals surface area contributed by atoms with Crippen molar-refractivity contribution in [3.8, 4) is 0 Å². The third-order valence-corrected chi connectivity index (χ3v) is 11.4. The van der Waals surface area contributed by atoms with Crippen molar-refractivity contribution in [1.29, 1.82) is 0 Å². The van der Waals surface area contributed by atoms with Gasteiger partial charge in [0.1, 0.15) is 0 Å². The van der Waals surface area contributed by atoms with E-state index in [1.54, 1.807) is 9.45 Å². The van der Waals surface area contributed by atoms with Gasteiger partial charge in [-0.2, -0.15) is 0 Å². The van der Waals surface area contributed by atoms with E-state index in [1.165, 1.54) is 146 Å². The first kappa shape index (κ1) is 36.9. The monoisotopic (exact) mass is 537 g/mol. The number of unbranched alkanes of at least 4 members (excludes halogenated alkanes) is 20. The molecule has 0 spiro atoms. The van der Waals surface area contributed by atoms with Crippen LogP contribution in [0, 0.1) is 0 Å². The van der Waals surface area contributed by atoms with Crippen molar-refractivity contribution in [3.05, 3.63) is 12.7 Å². The van der Waals surface area contributed by atoms with E-state index in [0.717, 1.165) is 0 Å². The van der Waals surface area contributed by atoms with Gasteiger partial charge >= 0.3 is 195 Å². The molecule has 0 atom stereocenters. The Morgan fingerprint density at radius 3 is 0.971 bits per heavy atom. The third kappa shape index (κ3) is 37.3. The summed E-state index contributed by atoms with van der Waals surface area (Å²) in [5.74, 6) is 0. The summed E-state index contributed by atoms with van der Waals surface area (Å²) in [5, 5.41) is 0. The second-order valence-electron chi connectivity index (χ2n) is 10.1. The third-order valence-electron chi connectivity index (χ3n) is 6.70. The first-order chi connectivity index (χ1) is 16.6. The smallest absolute Gasteiger partial charge is 0.328 e. The summed E-state index contributed by atoms with van der Waals surface area (Å²) in [7, 11) is -2.62. The molecule has 0 heterocycles. The summed E-state index contributed by atoms with van der Waals surface area (Å²) in [6.45, 7) is 8.66. The van der Waals surface area contributed by atoms with Crippen molar-refractivity contribution in [2.75, 3.05) is 0 Å². The number of hydrogen-bond acceptors (Lipinski definition) is 3. The Bertz CT molecular complexity index is 341. The molecule has 3 nitrogen and oxygen atoms in total. The normalized spacial score (nSPS) is 10.9. The van der Waals surface area contributed by atoms with Gasteiger partial charge in [0, 0.05) is 0 Å². The molecule has 0 saturated heterocycles. The molecule has 0 aromatic carbocycles. The molecule has 0 amide bonds. The van der Waals surface area contributed by atoms with Crippen molar-refractivity contribution in [2.24, 2.45) is 0 Å². The van der Waals surface area contributed by atoms with Crippen molar-refractivity contribution in [2.45, 2.75) is 169 Å². The van der Waals surface area contributed by atoms with Crippen LogP contribution in [0.25, 0.3) is 0 Å². The molecular weight excluding hydrogens is 475 g/mol. The van der Waals surface area contributed by atoms with Crippen LogP contribution >= 0.6 is 8.60 Å². The topological polar surface area (TPSA) is 60.7 Å². The van der Waals surface area contributed by atoms with Crippen molar-refractivity contribution in [3.63, 3.8) is 0 Å². The number of allylic oxidation sites excluding steroid dienone is 1. The molecule has 0 aliphatic heterocycles. The van der Waals surface area contributed by atoms with Gasteiger partial charge in [-0.15, -0.1) is 0 Å².